The SMILES string of the molecule is CCOC(=O)C1=C(C)N([C@@H]2CCS(=O)(=O)C2)C(=O)N[C@H]1c1ccc(Cl)c(Cl)c1. The van der Waals surface area contributed by atoms with Crippen LogP contribution in [0.15, 0.2) is 29.5 Å². The van der Waals surface area contributed by atoms with Crippen molar-refractivity contribution in [3.05, 3.63) is 45.1 Å². The molecule has 2 aliphatic rings. The number of allylic oxidation sites excluding steroid dienone is 1. The summed E-state index contributed by atoms with van der Waals surface area (Å²) in [6.45, 7) is 3.47. The summed E-state index contributed by atoms with van der Waals surface area (Å²) in [5.74, 6) is -0.702. The van der Waals surface area contributed by atoms with E-state index < -0.39 is 33.9 Å². The lowest BCUT2D eigenvalue weighted by Gasteiger charge is -2.38. The molecule has 28 heavy (non-hydrogen) atoms. The number of rotatable bonds is 4. The van der Waals surface area contributed by atoms with E-state index in [0.29, 0.717) is 27.7 Å². The Morgan fingerprint density at radius 1 is 1.32 bits per heavy atom. The summed E-state index contributed by atoms with van der Waals surface area (Å²) in [7, 11) is -3.21. The lowest BCUT2D eigenvalue weighted by molar-refractivity contribution is -0.139. The second kappa shape index (κ2) is 7.93. The van der Waals surface area contributed by atoms with Gasteiger partial charge in [0.25, 0.3) is 0 Å². The monoisotopic (exact) mass is 446 g/mol. The van der Waals surface area contributed by atoms with Crippen molar-refractivity contribution in [3.8, 4) is 0 Å². The van der Waals surface area contributed by atoms with Gasteiger partial charge in [-0.1, -0.05) is 29.3 Å². The van der Waals surface area contributed by atoms with Crippen LogP contribution in [0.25, 0.3) is 0 Å². The number of hydrogen-bond donors (Lipinski definition) is 1. The van der Waals surface area contributed by atoms with Gasteiger partial charge in [-0.05, 0) is 38.0 Å². The topological polar surface area (TPSA) is 92.8 Å². The predicted octanol–water partition coefficient (Wildman–Crippen LogP) is 3.08. The van der Waals surface area contributed by atoms with Crippen molar-refractivity contribution in [3.63, 3.8) is 0 Å². The molecule has 3 rings (SSSR count). The van der Waals surface area contributed by atoms with Gasteiger partial charge in [-0.2, -0.15) is 0 Å². The third kappa shape index (κ3) is 3.99. The summed E-state index contributed by atoms with van der Waals surface area (Å²) in [6, 6.07) is 3.06. The Balaban J connectivity index is 2.07. The van der Waals surface area contributed by atoms with Gasteiger partial charge in [0.05, 0.1) is 45.8 Å². The molecule has 0 spiro atoms. The molecule has 0 bridgehead atoms. The standard InChI is InChI=1S/C18H20Cl2N2O5S/c1-3-27-17(23)15-10(2)22(12-6-7-28(25,26)9-12)18(24)21-16(15)11-4-5-13(19)14(20)8-11/h4-5,8,12,16H,3,6-7,9H2,1-2H3,(H,21,24)/t12-,16+/m1/s1. The van der Waals surface area contributed by atoms with E-state index in [1.54, 1.807) is 32.0 Å². The van der Waals surface area contributed by atoms with Gasteiger partial charge < -0.3 is 10.1 Å². The van der Waals surface area contributed by atoms with E-state index in [-0.39, 0.29) is 23.7 Å². The van der Waals surface area contributed by atoms with E-state index in [1.165, 1.54) is 4.90 Å². The van der Waals surface area contributed by atoms with Crippen molar-refractivity contribution in [1.29, 1.82) is 0 Å². The Morgan fingerprint density at radius 3 is 2.61 bits per heavy atom. The van der Waals surface area contributed by atoms with Gasteiger partial charge in [0.1, 0.15) is 0 Å². The molecule has 2 aliphatic heterocycles. The molecule has 0 saturated carbocycles. The molecule has 1 aromatic rings. The van der Waals surface area contributed by atoms with E-state index in [0.717, 1.165) is 0 Å². The van der Waals surface area contributed by atoms with Crippen LogP contribution >= 0.6 is 23.2 Å². The number of nitrogens with one attached hydrogen (secondary N) is 1. The Bertz CT molecular complexity index is 961. The zero-order chi connectivity index (χ0) is 20.6. The molecule has 0 unspecified atom stereocenters. The van der Waals surface area contributed by atoms with Gasteiger partial charge in [-0.25, -0.2) is 18.0 Å². The quantitative estimate of drug-likeness (QED) is 0.717. The molecule has 0 aromatic heterocycles. The lowest BCUT2D eigenvalue weighted by Crippen LogP contribution is -2.52. The molecular weight excluding hydrogens is 427 g/mol. The van der Waals surface area contributed by atoms with Gasteiger partial charge in [0.2, 0.25) is 0 Å². The van der Waals surface area contributed by atoms with Crippen molar-refractivity contribution < 1.29 is 22.7 Å². The number of hydrogen-bond acceptors (Lipinski definition) is 5. The van der Waals surface area contributed by atoms with Gasteiger partial charge in [0, 0.05) is 5.70 Å². The minimum absolute atomic E-state index is 0.0136. The molecule has 0 aliphatic carbocycles. The van der Waals surface area contributed by atoms with Crippen LogP contribution in [0.3, 0.4) is 0 Å². The number of sulfone groups is 1. The maximum atomic E-state index is 12.8. The second-order valence-electron chi connectivity index (χ2n) is 6.70. The largest absolute Gasteiger partial charge is 0.463 e. The second-order valence-corrected chi connectivity index (χ2v) is 9.75. The van der Waals surface area contributed by atoms with Gasteiger partial charge >= 0.3 is 12.0 Å². The molecule has 2 atom stereocenters. The molecule has 10 heteroatoms. The van der Waals surface area contributed by atoms with Crippen LogP contribution in [0, 0.1) is 0 Å². The fourth-order valence-corrected chi connectivity index (χ4v) is 5.60. The van der Waals surface area contributed by atoms with Crippen LogP contribution in [0.5, 0.6) is 0 Å². The van der Waals surface area contributed by atoms with Crippen LogP contribution in [0.4, 0.5) is 4.79 Å². The summed E-state index contributed by atoms with van der Waals surface area (Å²) in [6.07, 6.45) is 0.320. The van der Waals surface area contributed by atoms with E-state index in [1.807, 2.05) is 0 Å². The fourth-order valence-electron chi connectivity index (χ4n) is 3.59. The summed E-state index contributed by atoms with van der Waals surface area (Å²) in [5, 5.41) is 3.43. The molecule has 0 radical (unpaired) electrons. The highest BCUT2D eigenvalue weighted by atomic mass is 35.5. The number of esters is 1. The maximum absolute atomic E-state index is 12.8. The Kier molecular flexibility index (Phi) is 5.93. The van der Waals surface area contributed by atoms with Crippen LogP contribution in [-0.2, 0) is 19.4 Å². The van der Waals surface area contributed by atoms with Gasteiger partial charge in [-0.15, -0.1) is 0 Å². The average Bonchev–Trinajstić information content (AvgIpc) is 2.96. The summed E-state index contributed by atoms with van der Waals surface area (Å²) in [4.78, 5) is 26.9. The summed E-state index contributed by atoms with van der Waals surface area (Å²) >= 11 is 12.1. The molecule has 2 amide bonds. The number of benzene rings is 1. The highest BCUT2D eigenvalue weighted by Gasteiger charge is 2.42. The van der Waals surface area contributed by atoms with Crippen molar-refractivity contribution in [2.45, 2.75) is 32.4 Å². The first-order valence-corrected chi connectivity index (χ1v) is 11.4. The lowest BCUT2D eigenvalue weighted by atomic mass is 9.94. The highest BCUT2D eigenvalue weighted by molar-refractivity contribution is 7.91. The minimum Gasteiger partial charge on any atom is -0.463 e. The van der Waals surface area contributed by atoms with E-state index in [4.69, 9.17) is 27.9 Å². The minimum atomic E-state index is -3.21. The zero-order valence-corrected chi connectivity index (χ0v) is 17.7. The molecule has 1 aromatic carbocycles. The van der Waals surface area contributed by atoms with Crippen LogP contribution < -0.4 is 5.32 Å². The molecule has 2 heterocycles. The molecule has 1 N–H and O–H groups in total. The van der Waals surface area contributed by atoms with E-state index >= 15 is 0 Å². The Hall–Kier alpha value is -1.77. The molecular formula is C18H20Cl2N2O5S. The number of carbonyl (C=O) groups excluding carboxylic acids is 2. The summed E-state index contributed by atoms with van der Waals surface area (Å²) < 4.78 is 28.9. The first-order chi connectivity index (χ1) is 13.1. The first kappa shape index (κ1) is 21.0. The van der Waals surface area contributed by atoms with Crippen LogP contribution in [-0.4, -0.2) is 49.5 Å². The third-order valence-electron chi connectivity index (χ3n) is 4.87. The number of nitrogens with zero attached hydrogens (tertiary/aromatic N) is 1. The maximum Gasteiger partial charge on any atom is 0.338 e. The molecule has 7 nitrogen and oxygen atoms in total. The van der Waals surface area contributed by atoms with Crippen molar-refractivity contribution in [2.75, 3.05) is 18.1 Å². The van der Waals surface area contributed by atoms with Crippen LogP contribution in [0.2, 0.25) is 10.0 Å². The zero-order valence-electron chi connectivity index (χ0n) is 15.4. The number of urea groups is 1. The number of ether oxygens (including phenoxy) is 1. The average molecular weight is 447 g/mol. The van der Waals surface area contributed by atoms with Crippen molar-refractivity contribution in [2.24, 2.45) is 0 Å². The number of amides is 2. The highest BCUT2D eigenvalue weighted by Crippen LogP contribution is 2.36. The number of halogens is 2. The van der Waals surface area contributed by atoms with Crippen molar-refractivity contribution in [1.82, 2.24) is 10.2 Å². The van der Waals surface area contributed by atoms with E-state index in [2.05, 4.69) is 5.32 Å². The number of carbonyl (C=O) groups is 2. The smallest absolute Gasteiger partial charge is 0.338 e. The fraction of sp³-hybridized carbons (Fsp3) is 0.444. The van der Waals surface area contributed by atoms with Gasteiger partial charge in [-0.3, -0.25) is 4.90 Å². The van der Waals surface area contributed by atoms with E-state index in [9.17, 15) is 18.0 Å². The predicted molar refractivity (Wildman–Crippen MR) is 106 cm³/mol. The third-order valence-corrected chi connectivity index (χ3v) is 7.36. The Morgan fingerprint density at radius 2 is 2.04 bits per heavy atom. The van der Waals surface area contributed by atoms with Gasteiger partial charge in [0.15, 0.2) is 9.84 Å². The Labute approximate surface area is 173 Å². The van der Waals surface area contributed by atoms with Crippen LogP contribution in [0.1, 0.15) is 31.9 Å². The first-order valence-electron chi connectivity index (χ1n) is 8.77. The van der Waals surface area contributed by atoms with Crippen molar-refractivity contribution >= 4 is 45.0 Å². The normalized spacial score (nSPS) is 24.3. The molecule has 1 saturated heterocycles. The molecule has 1 fully saturated rings. The summed E-state index contributed by atoms with van der Waals surface area (Å²) in [5.41, 5.74) is 1.19. The molecule has 152 valence electrons.